The van der Waals surface area contributed by atoms with Crippen molar-refractivity contribution in [2.45, 2.75) is 90.6 Å². The first-order valence-corrected chi connectivity index (χ1v) is 14.5. The highest BCUT2D eigenvalue weighted by molar-refractivity contribution is 7.52. The van der Waals surface area contributed by atoms with E-state index in [-0.39, 0.29) is 5.75 Å². The first kappa shape index (κ1) is 35.1. The van der Waals surface area contributed by atoms with Crippen molar-refractivity contribution in [3.63, 3.8) is 0 Å². The average Bonchev–Trinajstić information content (AvgIpc) is 2.86. The van der Waals surface area contributed by atoms with Crippen LogP contribution in [0.1, 0.15) is 41.5 Å². The molecule has 1 aromatic rings. The van der Waals surface area contributed by atoms with Crippen LogP contribution >= 0.6 is 7.75 Å². The van der Waals surface area contributed by atoms with Crippen molar-refractivity contribution in [1.29, 1.82) is 0 Å². The molecule has 0 bridgehead atoms. The van der Waals surface area contributed by atoms with Crippen LogP contribution in [0.3, 0.4) is 0 Å². The van der Waals surface area contributed by atoms with E-state index in [0.29, 0.717) is 0 Å². The normalized spacial score (nSPS) is 24.9. The van der Waals surface area contributed by atoms with Crippen molar-refractivity contribution in [1.82, 2.24) is 5.09 Å². The molecule has 14 nitrogen and oxygen atoms in total. The van der Waals surface area contributed by atoms with E-state index in [0.717, 1.165) is 20.8 Å². The topological polar surface area (TPSA) is 171 Å². The van der Waals surface area contributed by atoms with Crippen molar-refractivity contribution >= 4 is 31.6 Å². The van der Waals surface area contributed by atoms with Gasteiger partial charge in [0.2, 0.25) is 6.29 Å². The van der Waals surface area contributed by atoms with Gasteiger partial charge in [-0.15, -0.1) is 0 Å². The van der Waals surface area contributed by atoms with E-state index in [4.69, 9.17) is 37.5 Å². The molecule has 0 spiro atoms. The highest BCUT2D eigenvalue weighted by Gasteiger charge is 2.56. The highest BCUT2D eigenvalue weighted by Crippen LogP contribution is 2.48. The lowest BCUT2D eigenvalue weighted by Crippen LogP contribution is -2.64. The van der Waals surface area contributed by atoms with Crippen molar-refractivity contribution in [2.75, 3.05) is 13.7 Å². The van der Waals surface area contributed by atoms with Crippen LogP contribution in [-0.2, 0) is 56.7 Å². The number of alkyl halides is 1. The third-order valence-corrected chi connectivity index (χ3v) is 7.03. The van der Waals surface area contributed by atoms with Gasteiger partial charge in [0.05, 0.1) is 12.7 Å². The Morgan fingerprint density at radius 3 is 2.00 bits per heavy atom. The average molecular weight is 622 g/mol. The summed E-state index contributed by atoms with van der Waals surface area (Å²) in [5.41, 5.74) is 0. The lowest BCUT2D eigenvalue weighted by molar-refractivity contribution is -0.295. The maximum Gasteiger partial charge on any atom is 0.461 e. The molecule has 1 saturated heterocycles. The monoisotopic (exact) mass is 621 g/mol. The summed E-state index contributed by atoms with van der Waals surface area (Å²) >= 11 is 0. The molecule has 16 heteroatoms. The number of esters is 4. The second kappa shape index (κ2) is 15.9. The number of hydrogen-bond donors (Lipinski definition) is 1. The Labute approximate surface area is 243 Å². The zero-order valence-electron chi connectivity index (χ0n) is 24.3. The summed E-state index contributed by atoms with van der Waals surface area (Å²) in [5.74, 6) is -3.51. The molecule has 1 aliphatic rings. The minimum atomic E-state index is -4.69. The van der Waals surface area contributed by atoms with Crippen molar-refractivity contribution < 1.29 is 65.6 Å². The van der Waals surface area contributed by atoms with Crippen molar-refractivity contribution in [3.8, 4) is 5.75 Å². The Morgan fingerprint density at radius 1 is 0.929 bits per heavy atom. The van der Waals surface area contributed by atoms with E-state index < -0.39 is 87.3 Å². The summed E-state index contributed by atoms with van der Waals surface area (Å²) < 4.78 is 72.5. The second-order valence-corrected chi connectivity index (χ2v) is 11.2. The molecule has 0 radical (unpaired) electrons. The van der Waals surface area contributed by atoms with Crippen molar-refractivity contribution in [3.05, 3.63) is 30.3 Å². The summed E-state index contributed by atoms with van der Waals surface area (Å²) in [7, 11) is -3.49. The number of nitrogens with one attached hydrogen (secondary N) is 1. The Balaban J connectivity index is 2.60. The van der Waals surface area contributed by atoms with Crippen LogP contribution < -0.4 is 9.61 Å². The van der Waals surface area contributed by atoms with E-state index in [1.54, 1.807) is 32.0 Å². The smallest absolute Gasteiger partial charge is 0.461 e. The molecule has 0 aliphatic carbocycles. The number of ether oxygens (including phenoxy) is 6. The van der Waals surface area contributed by atoms with Gasteiger partial charge >= 0.3 is 31.6 Å². The molecule has 236 valence electrons. The molecule has 1 aliphatic heterocycles. The minimum Gasteiger partial charge on any atom is -0.462 e. The molecule has 1 fully saturated rings. The van der Waals surface area contributed by atoms with Gasteiger partial charge in [0.1, 0.15) is 17.9 Å². The van der Waals surface area contributed by atoms with Crippen LogP contribution in [-0.4, -0.2) is 86.6 Å². The molecule has 0 amide bonds. The highest BCUT2D eigenvalue weighted by atomic mass is 31.2. The number of carbonyl (C=O) groups excluding carboxylic acids is 4. The maximum absolute atomic E-state index is 15.4. The largest absolute Gasteiger partial charge is 0.462 e. The first-order valence-electron chi connectivity index (χ1n) is 13.0. The maximum atomic E-state index is 15.4. The number of methoxy groups -OCH3 is 1. The van der Waals surface area contributed by atoms with E-state index in [9.17, 15) is 23.7 Å². The van der Waals surface area contributed by atoms with Gasteiger partial charge < -0.3 is 32.9 Å². The lowest BCUT2D eigenvalue weighted by atomic mass is 9.95. The van der Waals surface area contributed by atoms with Crippen LogP contribution in [0.2, 0.25) is 0 Å². The first-order chi connectivity index (χ1) is 19.7. The van der Waals surface area contributed by atoms with Gasteiger partial charge in [0.15, 0.2) is 24.5 Å². The number of carbonyl (C=O) groups is 4. The molecule has 0 aromatic heterocycles. The SMILES string of the molecule is COC[C@H](F)[C@H]1O[C@@H](O[P@](=O)(N[C@@H](C)C(=O)OC(C)C)Oc2ccccc2)[C@@H](OC(C)=O)[C@@H](OC(C)=O)[C@@H]1OC(C)=O. The number of halogens is 1. The van der Waals surface area contributed by atoms with Gasteiger partial charge in [0, 0.05) is 27.9 Å². The fourth-order valence-corrected chi connectivity index (χ4v) is 5.47. The zero-order valence-corrected chi connectivity index (χ0v) is 25.2. The summed E-state index contributed by atoms with van der Waals surface area (Å²) in [6, 6.07) is 6.42. The van der Waals surface area contributed by atoms with Crippen LogP contribution in [0.15, 0.2) is 30.3 Å². The van der Waals surface area contributed by atoms with Gasteiger partial charge in [-0.25, -0.2) is 8.96 Å². The van der Waals surface area contributed by atoms with Gasteiger partial charge in [-0.2, -0.15) is 5.09 Å². The fraction of sp³-hybridized carbons (Fsp3) is 0.615. The van der Waals surface area contributed by atoms with Crippen LogP contribution in [0.4, 0.5) is 4.39 Å². The zero-order chi connectivity index (χ0) is 31.6. The van der Waals surface area contributed by atoms with Crippen molar-refractivity contribution in [2.24, 2.45) is 0 Å². The second-order valence-electron chi connectivity index (χ2n) is 9.51. The van der Waals surface area contributed by atoms with E-state index in [1.807, 2.05) is 0 Å². The van der Waals surface area contributed by atoms with Gasteiger partial charge in [-0.05, 0) is 32.9 Å². The molecule has 0 saturated carbocycles. The van der Waals surface area contributed by atoms with E-state index in [1.165, 1.54) is 26.2 Å². The van der Waals surface area contributed by atoms with Crippen LogP contribution in [0, 0.1) is 0 Å². The number of rotatable bonds is 14. The molecule has 2 rings (SSSR count). The fourth-order valence-electron chi connectivity index (χ4n) is 3.89. The van der Waals surface area contributed by atoms with Crippen LogP contribution in [0.25, 0.3) is 0 Å². The lowest BCUT2D eigenvalue weighted by Gasteiger charge is -2.45. The van der Waals surface area contributed by atoms with Gasteiger partial charge in [0.25, 0.3) is 0 Å². The molecule has 8 atom stereocenters. The number of benzene rings is 1. The van der Waals surface area contributed by atoms with Crippen LogP contribution in [0.5, 0.6) is 5.75 Å². The molecule has 0 unspecified atom stereocenters. The summed E-state index contributed by atoms with van der Waals surface area (Å²) in [6.45, 7) is 7.06. The molecule has 1 aromatic carbocycles. The number of para-hydroxylation sites is 1. The van der Waals surface area contributed by atoms with Gasteiger partial charge in [-0.1, -0.05) is 18.2 Å². The Kier molecular flexibility index (Phi) is 13.3. The molecular formula is C26H37FNO13P. The van der Waals surface area contributed by atoms with E-state index >= 15 is 4.39 Å². The summed E-state index contributed by atoms with van der Waals surface area (Å²) in [6.07, 6.45) is -11.3. The number of hydrogen-bond acceptors (Lipinski definition) is 13. The molecule has 1 N–H and O–H groups in total. The minimum absolute atomic E-state index is 0.0335. The van der Waals surface area contributed by atoms with Gasteiger partial charge in [-0.3, -0.25) is 23.7 Å². The third-order valence-electron chi connectivity index (χ3n) is 5.39. The van der Waals surface area contributed by atoms with E-state index in [2.05, 4.69) is 5.09 Å². The Bertz CT molecular complexity index is 1120. The predicted octanol–water partition coefficient (Wildman–Crippen LogP) is 2.62. The predicted molar refractivity (Wildman–Crippen MR) is 142 cm³/mol. The summed E-state index contributed by atoms with van der Waals surface area (Å²) in [5, 5.41) is 2.44. The molecule has 42 heavy (non-hydrogen) atoms. The Morgan fingerprint density at radius 2 is 1.48 bits per heavy atom. The molecular weight excluding hydrogens is 584 g/mol. The third kappa shape index (κ3) is 10.6. The molecule has 1 heterocycles. The Hall–Kier alpha value is -3.10. The summed E-state index contributed by atoms with van der Waals surface area (Å²) in [4.78, 5) is 48.7. The standard InChI is InChI=1S/C26H37FNO13P/c1-14(2)35-25(32)15(3)28-42(33,40-19-11-9-8-10-12-19)41-26-24(38-18(6)31)23(37-17(5)30)22(36-16(4)29)21(39-26)20(27)13-34-7/h8-12,14-15,20-24,26H,13H2,1-7H3,(H,28,33)/t15-,20-,21+,22+,23-,24-,26-,42-/m0/s1. The quantitative estimate of drug-likeness (QED) is 0.183.